The van der Waals surface area contributed by atoms with E-state index in [2.05, 4.69) is 0 Å². The van der Waals surface area contributed by atoms with Crippen LogP contribution in [0.1, 0.15) is 26.7 Å². The summed E-state index contributed by atoms with van der Waals surface area (Å²) in [7, 11) is -3.17. The smallest absolute Gasteiger partial charge is 0.396 e. The largest absolute Gasteiger partial charge is 0.422 e. The zero-order chi connectivity index (χ0) is 15.3. The quantitative estimate of drug-likeness (QED) is 0.785. The van der Waals surface area contributed by atoms with Crippen LogP contribution in [0.2, 0.25) is 0 Å². The molecule has 0 spiro atoms. The molecular weight excluding hydrogens is 287 g/mol. The number of aliphatic hydroxyl groups is 1. The second kappa shape index (κ2) is 7.41. The third kappa shape index (κ3) is 3.49. The molecule has 118 valence electrons. The first-order chi connectivity index (χ1) is 10.2. The van der Waals surface area contributed by atoms with E-state index >= 15 is 0 Å². The fourth-order valence-corrected chi connectivity index (χ4v) is 5.46. The molecule has 2 atom stereocenters. The SMILES string of the molecule is CCN(CC)P(=O)(Oc1ccccc1)N1CCC[C@H]1CO. The molecule has 5 nitrogen and oxygen atoms in total. The van der Waals surface area contributed by atoms with Crippen molar-refractivity contribution in [1.82, 2.24) is 9.34 Å². The number of aliphatic hydroxyl groups excluding tert-OH is 1. The van der Waals surface area contributed by atoms with Gasteiger partial charge in [-0.3, -0.25) is 0 Å². The Morgan fingerprint density at radius 1 is 1.33 bits per heavy atom. The summed E-state index contributed by atoms with van der Waals surface area (Å²) >= 11 is 0. The van der Waals surface area contributed by atoms with Gasteiger partial charge in [-0.1, -0.05) is 32.0 Å². The summed E-state index contributed by atoms with van der Waals surface area (Å²) in [6.07, 6.45) is 1.80. The zero-order valence-corrected chi connectivity index (χ0v) is 13.7. The highest BCUT2D eigenvalue weighted by atomic mass is 31.2. The third-order valence-electron chi connectivity index (χ3n) is 3.94. The monoisotopic (exact) mass is 312 g/mol. The molecule has 0 amide bonds. The van der Waals surface area contributed by atoms with Crippen LogP contribution in [-0.4, -0.2) is 46.7 Å². The molecule has 1 heterocycles. The fourth-order valence-electron chi connectivity index (χ4n) is 2.81. The average molecular weight is 312 g/mol. The lowest BCUT2D eigenvalue weighted by Crippen LogP contribution is -2.38. The summed E-state index contributed by atoms with van der Waals surface area (Å²) in [5.74, 6) is 0.608. The second-order valence-electron chi connectivity index (χ2n) is 5.18. The Bertz CT molecular complexity index is 479. The van der Waals surface area contributed by atoms with Crippen molar-refractivity contribution in [2.45, 2.75) is 32.7 Å². The predicted molar refractivity (Wildman–Crippen MR) is 84.4 cm³/mol. The van der Waals surface area contributed by atoms with Gasteiger partial charge in [0.2, 0.25) is 0 Å². The number of hydrogen-bond donors (Lipinski definition) is 1. The lowest BCUT2D eigenvalue weighted by molar-refractivity contribution is 0.190. The lowest BCUT2D eigenvalue weighted by Gasteiger charge is -2.37. The maximum Gasteiger partial charge on any atom is 0.396 e. The molecule has 0 radical (unpaired) electrons. The highest BCUT2D eigenvalue weighted by Crippen LogP contribution is 2.56. The summed E-state index contributed by atoms with van der Waals surface area (Å²) in [6.45, 7) is 5.98. The Labute approximate surface area is 127 Å². The van der Waals surface area contributed by atoms with Gasteiger partial charge in [-0.25, -0.2) is 13.9 Å². The Balaban J connectivity index is 2.32. The molecule has 1 aromatic carbocycles. The zero-order valence-electron chi connectivity index (χ0n) is 12.8. The molecule has 2 rings (SSSR count). The van der Waals surface area contributed by atoms with Crippen molar-refractivity contribution in [1.29, 1.82) is 0 Å². The highest BCUT2D eigenvalue weighted by Gasteiger charge is 2.44. The van der Waals surface area contributed by atoms with Gasteiger partial charge in [-0.2, -0.15) is 0 Å². The molecule has 0 aliphatic carbocycles. The van der Waals surface area contributed by atoms with E-state index in [1.54, 1.807) is 0 Å². The van der Waals surface area contributed by atoms with Crippen molar-refractivity contribution < 1.29 is 14.2 Å². The van der Waals surface area contributed by atoms with Gasteiger partial charge >= 0.3 is 7.67 Å². The Hall–Kier alpha value is -0.870. The molecule has 1 fully saturated rings. The molecule has 1 aromatic rings. The number of nitrogens with zero attached hydrogens (tertiary/aromatic N) is 2. The van der Waals surface area contributed by atoms with E-state index in [4.69, 9.17) is 4.52 Å². The minimum absolute atomic E-state index is 0.0173. The van der Waals surface area contributed by atoms with Crippen LogP contribution in [0.25, 0.3) is 0 Å². The van der Waals surface area contributed by atoms with Crippen LogP contribution < -0.4 is 4.52 Å². The average Bonchev–Trinajstić information content (AvgIpc) is 2.98. The van der Waals surface area contributed by atoms with Gasteiger partial charge in [0.05, 0.1) is 6.61 Å². The van der Waals surface area contributed by atoms with Crippen molar-refractivity contribution in [2.24, 2.45) is 0 Å². The van der Waals surface area contributed by atoms with Crippen LogP contribution in [0.5, 0.6) is 5.75 Å². The Morgan fingerprint density at radius 3 is 2.57 bits per heavy atom. The summed E-state index contributed by atoms with van der Waals surface area (Å²) in [5.41, 5.74) is 0. The van der Waals surface area contributed by atoms with Crippen LogP contribution in [-0.2, 0) is 4.57 Å². The summed E-state index contributed by atoms with van der Waals surface area (Å²) in [5, 5.41) is 9.56. The maximum absolute atomic E-state index is 13.6. The van der Waals surface area contributed by atoms with Crippen molar-refractivity contribution in [3.8, 4) is 5.75 Å². The standard InChI is InChI=1S/C15H25N2O3P/c1-3-16(4-2)21(19,17-12-8-9-14(17)13-18)20-15-10-6-5-7-11-15/h5-7,10-11,14,18H,3-4,8-9,12-13H2,1-2H3/t14-,21?/m0/s1. The Morgan fingerprint density at radius 2 is 2.00 bits per heavy atom. The first-order valence-corrected chi connectivity index (χ1v) is 9.16. The maximum atomic E-state index is 13.6. The first-order valence-electron chi connectivity index (χ1n) is 7.63. The molecule has 1 aliphatic rings. The van der Waals surface area contributed by atoms with E-state index in [0.717, 1.165) is 12.8 Å². The highest BCUT2D eigenvalue weighted by molar-refractivity contribution is 7.54. The molecule has 1 saturated heterocycles. The van der Waals surface area contributed by atoms with Crippen LogP contribution in [0, 0.1) is 0 Å². The van der Waals surface area contributed by atoms with Crippen LogP contribution in [0.4, 0.5) is 0 Å². The lowest BCUT2D eigenvalue weighted by atomic mass is 10.2. The molecule has 1 aliphatic heterocycles. The normalized spacial score (nSPS) is 22.4. The molecule has 1 unspecified atom stereocenters. The van der Waals surface area contributed by atoms with Gasteiger partial charge < -0.3 is 9.63 Å². The topological polar surface area (TPSA) is 53.0 Å². The molecule has 6 heteroatoms. The van der Waals surface area contributed by atoms with Crippen molar-refractivity contribution in [2.75, 3.05) is 26.2 Å². The fraction of sp³-hybridized carbons (Fsp3) is 0.600. The number of rotatable bonds is 7. The van der Waals surface area contributed by atoms with Crippen LogP contribution >= 0.6 is 7.67 Å². The first kappa shape index (κ1) is 16.5. The predicted octanol–water partition coefficient (Wildman–Crippen LogP) is 2.97. The number of benzene rings is 1. The summed E-state index contributed by atoms with van der Waals surface area (Å²) in [4.78, 5) is 0. The van der Waals surface area contributed by atoms with Crippen molar-refractivity contribution in [3.05, 3.63) is 30.3 Å². The molecule has 0 saturated carbocycles. The molecule has 21 heavy (non-hydrogen) atoms. The van der Waals surface area contributed by atoms with Crippen molar-refractivity contribution >= 4 is 7.67 Å². The van der Waals surface area contributed by atoms with Crippen LogP contribution in [0.3, 0.4) is 0 Å². The van der Waals surface area contributed by atoms with Crippen molar-refractivity contribution in [3.63, 3.8) is 0 Å². The van der Waals surface area contributed by atoms with Gasteiger partial charge in [0.25, 0.3) is 0 Å². The van der Waals surface area contributed by atoms with E-state index in [1.807, 2.05) is 53.5 Å². The van der Waals surface area contributed by atoms with E-state index in [-0.39, 0.29) is 12.6 Å². The van der Waals surface area contributed by atoms with Gasteiger partial charge in [0, 0.05) is 25.7 Å². The van der Waals surface area contributed by atoms with Crippen LogP contribution in [0.15, 0.2) is 30.3 Å². The van der Waals surface area contributed by atoms with E-state index in [0.29, 0.717) is 25.4 Å². The third-order valence-corrected chi connectivity index (χ3v) is 6.84. The van der Waals surface area contributed by atoms with Gasteiger partial charge in [0.1, 0.15) is 5.75 Å². The molecule has 1 N–H and O–H groups in total. The van der Waals surface area contributed by atoms with E-state index in [1.165, 1.54) is 0 Å². The minimum atomic E-state index is -3.17. The van der Waals surface area contributed by atoms with Gasteiger partial charge in [-0.05, 0) is 25.0 Å². The molecule has 0 bridgehead atoms. The number of hydrogen-bond acceptors (Lipinski definition) is 3. The van der Waals surface area contributed by atoms with E-state index in [9.17, 15) is 9.67 Å². The van der Waals surface area contributed by atoms with E-state index < -0.39 is 7.67 Å². The molecular formula is C15H25N2O3P. The second-order valence-corrected chi connectivity index (χ2v) is 7.42. The minimum Gasteiger partial charge on any atom is -0.422 e. The Kier molecular flexibility index (Phi) is 5.82. The summed E-state index contributed by atoms with van der Waals surface area (Å²) < 4.78 is 23.3. The van der Waals surface area contributed by atoms with Gasteiger partial charge in [-0.15, -0.1) is 0 Å². The molecule has 0 aromatic heterocycles. The van der Waals surface area contributed by atoms with Gasteiger partial charge in [0.15, 0.2) is 0 Å². The number of para-hydroxylation sites is 1. The summed E-state index contributed by atoms with van der Waals surface area (Å²) in [6, 6.07) is 9.20.